The van der Waals surface area contributed by atoms with Crippen molar-refractivity contribution in [1.29, 1.82) is 0 Å². The Morgan fingerprint density at radius 1 is 1.19 bits per heavy atom. The van der Waals surface area contributed by atoms with E-state index in [4.69, 9.17) is 0 Å². The van der Waals surface area contributed by atoms with Gasteiger partial charge in [-0.1, -0.05) is 24.3 Å². The van der Waals surface area contributed by atoms with E-state index in [-0.39, 0.29) is 11.6 Å². The monoisotopic (exact) mass is 372 g/mol. The number of nitrogens with one attached hydrogen (secondary N) is 2. The van der Waals surface area contributed by atoms with Gasteiger partial charge in [0, 0.05) is 18.5 Å². The standard InChI is InChI=1S/C19H19FN3O2S/c1-26(24,25)13-14-5-7-18(8-6-14)23-19-21-11-16(12-22-19)9-15-3-2-4-17(20)10-15/h2-8,10H,9,11,13H2,1H3,(H2,21,22,23). The molecule has 1 aliphatic heterocycles. The van der Waals surface area contributed by atoms with E-state index in [1.807, 2.05) is 6.07 Å². The molecule has 26 heavy (non-hydrogen) atoms. The molecular formula is C19H19FN3O2S. The van der Waals surface area contributed by atoms with Gasteiger partial charge in [-0.2, -0.15) is 0 Å². The summed E-state index contributed by atoms with van der Waals surface area (Å²) in [7, 11) is -3.04. The Morgan fingerprint density at radius 2 is 1.96 bits per heavy atom. The molecule has 1 radical (unpaired) electrons. The molecule has 0 spiro atoms. The highest BCUT2D eigenvalue weighted by molar-refractivity contribution is 7.89. The maximum absolute atomic E-state index is 13.2. The quantitative estimate of drug-likeness (QED) is 0.847. The smallest absolute Gasteiger partial charge is 0.201 e. The van der Waals surface area contributed by atoms with E-state index in [9.17, 15) is 12.8 Å². The van der Waals surface area contributed by atoms with E-state index in [0.717, 1.165) is 22.4 Å². The molecule has 1 heterocycles. The summed E-state index contributed by atoms with van der Waals surface area (Å²) in [5.74, 6) is 0.327. The number of sulfone groups is 1. The number of benzene rings is 2. The molecule has 3 rings (SSSR count). The van der Waals surface area contributed by atoms with Crippen LogP contribution in [0.15, 0.2) is 59.1 Å². The van der Waals surface area contributed by atoms with E-state index < -0.39 is 9.84 Å². The minimum atomic E-state index is -3.04. The van der Waals surface area contributed by atoms with Crippen LogP contribution < -0.4 is 10.6 Å². The number of anilines is 1. The van der Waals surface area contributed by atoms with Crippen molar-refractivity contribution in [1.82, 2.24) is 5.32 Å². The number of hydrogen-bond acceptors (Lipinski definition) is 5. The van der Waals surface area contributed by atoms with Crippen molar-refractivity contribution < 1.29 is 12.8 Å². The topological polar surface area (TPSA) is 70.6 Å². The van der Waals surface area contributed by atoms with Gasteiger partial charge in [-0.3, -0.25) is 0 Å². The third-order valence-electron chi connectivity index (χ3n) is 3.75. The average Bonchev–Trinajstić information content (AvgIpc) is 2.57. The summed E-state index contributed by atoms with van der Waals surface area (Å²) < 4.78 is 35.8. The molecule has 0 atom stereocenters. The second-order valence-corrected chi connectivity index (χ2v) is 8.37. The van der Waals surface area contributed by atoms with Crippen molar-refractivity contribution in [2.45, 2.75) is 12.2 Å². The molecule has 5 nitrogen and oxygen atoms in total. The summed E-state index contributed by atoms with van der Waals surface area (Å²) in [4.78, 5) is 4.22. The zero-order valence-corrected chi connectivity index (χ0v) is 15.1. The van der Waals surface area contributed by atoms with Crippen LogP contribution in [-0.2, 0) is 22.0 Å². The second-order valence-electron chi connectivity index (χ2n) is 6.23. The summed E-state index contributed by atoms with van der Waals surface area (Å²) in [6.45, 7) is 0.564. The van der Waals surface area contributed by atoms with Gasteiger partial charge in [-0.25, -0.2) is 17.8 Å². The summed E-state index contributed by atoms with van der Waals surface area (Å²) in [5.41, 5.74) is 3.34. The van der Waals surface area contributed by atoms with Gasteiger partial charge in [0.2, 0.25) is 5.96 Å². The minimum Gasteiger partial charge on any atom is -0.352 e. The molecule has 7 heteroatoms. The molecule has 0 fully saturated rings. The average molecular weight is 372 g/mol. The first-order chi connectivity index (χ1) is 12.4. The predicted molar refractivity (Wildman–Crippen MR) is 101 cm³/mol. The largest absolute Gasteiger partial charge is 0.352 e. The normalized spacial score (nSPS) is 14.2. The van der Waals surface area contributed by atoms with E-state index in [2.05, 4.69) is 21.8 Å². The highest BCUT2D eigenvalue weighted by atomic mass is 32.2. The van der Waals surface area contributed by atoms with E-state index in [1.165, 1.54) is 18.4 Å². The van der Waals surface area contributed by atoms with Crippen LogP contribution in [-0.4, -0.2) is 27.2 Å². The van der Waals surface area contributed by atoms with Crippen LogP contribution in [0.25, 0.3) is 0 Å². The maximum atomic E-state index is 13.2. The lowest BCUT2D eigenvalue weighted by molar-refractivity contribution is 0.601. The Bertz CT molecular complexity index is 951. The van der Waals surface area contributed by atoms with Crippen molar-refractivity contribution in [3.05, 3.63) is 77.2 Å². The van der Waals surface area contributed by atoms with E-state index in [1.54, 1.807) is 30.3 Å². The summed E-state index contributed by atoms with van der Waals surface area (Å²) >= 11 is 0. The van der Waals surface area contributed by atoms with Gasteiger partial charge in [-0.15, -0.1) is 0 Å². The van der Waals surface area contributed by atoms with Crippen molar-refractivity contribution in [2.75, 3.05) is 18.1 Å². The SMILES string of the molecule is CS(=O)(=O)Cc1ccc(NC2=N[C]=C(Cc3cccc(F)c3)CN2)cc1. The van der Waals surface area contributed by atoms with Crippen LogP contribution in [0.4, 0.5) is 10.1 Å². The molecule has 1 aliphatic rings. The molecule has 0 amide bonds. The van der Waals surface area contributed by atoms with Crippen LogP contribution in [0.3, 0.4) is 0 Å². The third-order valence-corrected chi connectivity index (χ3v) is 4.60. The molecule has 2 aromatic carbocycles. The lowest BCUT2D eigenvalue weighted by Crippen LogP contribution is -2.34. The van der Waals surface area contributed by atoms with Crippen LogP contribution >= 0.6 is 0 Å². The molecule has 0 saturated carbocycles. The first-order valence-corrected chi connectivity index (χ1v) is 10.1. The highest BCUT2D eigenvalue weighted by Crippen LogP contribution is 2.14. The van der Waals surface area contributed by atoms with Crippen LogP contribution in [0.2, 0.25) is 0 Å². The Balaban J connectivity index is 1.61. The zero-order chi connectivity index (χ0) is 18.6. The number of halogens is 1. The molecule has 0 aromatic heterocycles. The number of hydrogen-bond donors (Lipinski definition) is 2. The lowest BCUT2D eigenvalue weighted by atomic mass is 10.1. The molecule has 0 bridgehead atoms. The van der Waals surface area contributed by atoms with Crippen molar-refractivity contribution in [2.24, 2.45) is 4.99 Å². The predicted octanol–water partition coefficient (Wildman–Crippen LogP) is 2.67. The van der Waals surface area contributed by atoms with Crippen LogP contribution in [0.5, 0.6) is 0 Å². The van der Waals surface area contributed by atoms with Gasteiger partial charge >= 0.3 is 0 Å². The third kappa shape index (κ3) is 5.42. The molecule has 0 saturated heterocycles. The van der Waals surface area contributed by atoms with Gasteiger partial charge in [-0.05, 0) is 47.4 Å². The number of nitrogens with zero attached hydrogens (tertiary/aromatic N) is 1. The van der Waals surface area contributed by atoms with Crippen LogP contribution in [0, 0.1) is 12.0 Å². The van der Waals surface area contributed by atoms with Gasteiger partial charge < -0.3 is 10.6 Å². The highest BCUT2D eigenvalue weighted by Gasteiger charge is 2.10. The molecule has 2 aromatic rings. The summed E-state index contributed by atoms with van der Waals surface area (Å²) in [6, 6.07) is 13.6. The van der Waals surface area contributed by atoms with Crippen molar-refractivity contribution >= 4 is 21.5 Å². The Hall–Kier alpha value is -2.67. The molecule has 0 aliphatic carbocycles. The Morgan fingerprint density at radius 3 is 2.58 bits per heavy atom. The van der Waals surface area contributed by atoms with Gasteiger partial charge in [0.05, 0.1) is 12.0 Å². The fourth-order valence-electron chi connectivity index (χ4n) is 2.60. The van der Waals surface area contributed by atoms with Crippen molar-refractivity contribution in [3.63, 3.8) is 0 Å². The first kappa shape index (κ1) is 18.1. The van der Waals surface area contributed by atoms with Gasteiger partial charge in [0.25, 0.3) is 0 Å². The van der Waals surface area contributed by atoms with Crippen LogP contribution in [0.1, 0.15) is 11.1 Å². The maximum Gasteiger partial charge on any atom is 0.201 e. The Labute approximate surface area is 152 Å². The number of aliphatic imine (C=N–C) groups is 1. The van der Waals surface area contributed by atoms with Crippen molar-refractivity contribution in [3.8, 4) is 0 Å². The second kappa shape index (κ2) is 7.70. The lowest BCUT2D eigenvalue weighted by Gasteiger charge is -2.17. The number of rotatable bonds is 5. The molecule has 135 valence electrons. The molecule has 0 unspecified atom stereocenters. The summed E-state index contributed by atoms with van der Waals surface area (Å²) in [6.07, 6.45) is 4.77. The van der Waals surface area contributed by atoms with E-state index in [0.29, 0.717) is 18.9 Å². The van der Waals surface area contributed by atoms with Gasteiger partial charge in [0.1, 0.15) is 5.82 Å². The van der Waals surface area contributed by atoms with E-state index >= 15 is 0 Å². The van der Waals surface area contributed by atoms with Gasteiger partial charge in [0.15, 0.2) is 9.84 Å². The molecule has 2 N–H and O–H groups in total. The zero-order valence-electron chi connectivity index (χ0n) is 14.3. The first-order valence-electron chi connectivity index (χ1n) is 8.08. The molecular weight excluding hydrogens is 353 g/mol. The summed E-state index contributed by atoms with van der Waals surface area (Å²) in [5, 5.41) is 6.27. The Kier molecular flexibility index (Phi) is 5.37. The minimum absolute atomic E-state index is 0.0203. The number of guanidine groups is 1. The fourth-order valence-corrected chi connectivity index (χ4v) is 3.39. The fraction of sp³-hybridized carbons (Fsp3) is 0.211.